The van der Waals surface area contributed by atoms with E-state index in [-0.39, 0.29) is 29.6 Å². The highest BCUT2D eigenvalue weighted by Gasteiger charge is 2.22. The van der Waals surface area contributed by atoms with Crippen LogP contribution in [-0.2, 0) is 16.0 Å². The molecule has 1 aliphatic rings. The van der Waals surface area contributed by atoms with Crippen LogP contribution in [0.4, 0.5) is 10.1 Å². The zero-order valence-electron chi connectivity index (χ0n) is 16.8. The molecule has 3 rings (SSSR count). The molecule has 0 radical (unpaired) electrons. The number of aryl methyl sites for hydroxylation is 1. The zero-order valence-corrected chi connectivity index (χ0v) is 16.8. The molecule has 2 aromatic carbocycles. The van der Waals surface area contributed by atoms with E-state index >= 15 is 0 Å². The van der Waals surface area contributed by atoms with Gasteiger partial charge in [-0.2, -0.15) is 0 Å². The van der Waals surface area contributed by atoms with Crippen LogP contribution in [0, 0.1) is 11.7 Å². The molecule has 0 bridgehead atoms. The molecular weight excluding hydrogens is 371 g/mol. The summed E-state index contributed by atoms with van der Waals surface area (Å²) in [4.78, 5) is 24.9. The summed E-state index contributed by atoms with van der Waals surface area (Å²) >= 11 is 0. The van der Waals surface area contributed by atoms with Gasteiger partial charge in [0, 0.05) is 17.9 Å². The van der Waals surface area contributed by atoms with Crippen LogP contribution < -0.4 is 10.6 Å². The highest BCUT2D eigenvalue weighted by atomic mass is 19.1. The highest BCUT2D eigenvalue weighted by molar-refractivity contribution is 5.94. The fourth-order valence-electron chi connectivity index (χ4n) is 3.44. The molecule has 1 heterocycles. The molecule has 0 spiro atoms. The fraction of sp³-hybridized carbons (Fsp3) is 0.391. The van der Waals surface area contributed by atoms with Crippen molar-refractivity contribution in [1.82, 2.24) is 5.32 Å². The number of carbonyl (C=O) groups excluding carboxylic acids is 2. The second-order valence-corrected chi connectivity index (χ2v) is 7.38. The Morgan fingerprint density at radius 3 is 2.62 bits per heavy atom. The average molecular weight is 398 g/mol. The third-order valence-corrected chi connectivity index (χ3v) is 5.25. The first kappa shape index (κ1) is 21.0. The van der Waals surface area contributed by atoms with Gasteiger partial charge in [0.2, 0.25) is 5.91 Å². The summed E-state index contributed by atoms with van der Waals surface area (Å²) in [6, 6.07) is 11.0. The molecular formula is C23H27FN2O3. The van der Waals surface area contributed by atoms with Gasteiger partial charge in [0.1, 0.15) is 5.82 Å². The molecule has 1 fully saturated rings. The molecule has 0 aliphatic carbocycles. The van der Waals surface area contributed by atoms with E-state index < -0.39 is 0 Å². The maximum atomic E-state index is 13.0. The van der Waals surface area contributed by atoms with Crippen molar-refractivity contribution in [2.75, 3.05) is 18.5 Å². The molecule has 6 heteroatoms. The second-order valence-electron chi connectivity index (χ2n) is 7.38. The first-order valence-electron chi connectivity index (χ1n) is 10.1. The number of ether oxygens (including phenoxy) is 1. The smallest absolute Gasteiger partial charge is 0.251 e. The first-order valence-corrected chi connectivity index (χ1v) is 10.1. The molecule has 2 amide bonds. The number of anilines is 1. The molecule has 1 saturated heterocycles. The fourth-order valence-corrected chi connectivity index (χ4v) is 3.44. The SMILES string of the molecule is CCc1cc(C(C)NC(=O)c2ccc(F)cc2)ccc1NC(=O)C1CCCOC1. The van der Waals surface area contributed by atoms with Gasteiger partial charge in [-0.15, -0.1) is 0 Å². The van der Waals surface area contributed by atoms with E-state index in [1.807, 2.05) is 32.0 Å². The van der Waals surface area contributed by atoms with Crippen LogP contribution in [0.1, 0.15) is 54.2 Å². The molecule has 29 heavy (non-hydrogen) atoms. The van der Waals surface area contributed by atoms with Gasteiger partial charge in [-0.25, -0.2) is 4.39 Å². The Hall–Kier alpha value is -2.73. The number of rotatable bonds is 6. The summed E-state index contributed by atoms with van der Waals surface area (Å²) in [6.45, 7) is 5.12. The summed E-state index contributed by atoms with van der Waals surface area (Å²) in [7, 11) is 0. The normalized spacial score (nSPS) is 17.4. The molecule has 0 aromatic heterocycles. The number of benzene rings is 2. The van der Waals surface area contributed by atoms with Gasteiger partial charge in [0.25, 0.3) is 5.91 Å². The highest BCUT2D eigenvalue weighted by Crippen LogP contribution is 2.24. The third-order valence-electron chi connectivity index (χ3n) is 5.25. The number of amides is 2. The topological polar surface area (TPSA) is 67.4 Å². The van der Waals surface area contributed by atoms with Crippen LogP contribution in [0.2, 0.25) is 0 Å². The van der Waals surface area contributed by atoms with Gasteiger partial charge >= 0.3 is 0 Å². The van der Waals surface area contributed by atoms with Crippen LogP contribution in [0.5, 0.6) is 0 Å². The number of nitrogens with one attached hydrogen (secondary N) is 2. The van der Waals surface area contributed by atoms with Crippen molar-refractivity contribution in [2.45, 2.75) is 39.2 Å². The lowest BCUT2D eigenvalue weighted by Gasteiger charge is -2.22. The third kappa shape index (κ3) is 5.41. The van der Waals surface area contributed by atoms with Crippen LogP contribution in [0.3, 0.4) is 0 Å². The molecule has 2 atom stereocenters. The van der Waals surface area contributed by atoms with Crippen molar-refractivity contribution < 1.29 is 18.7 Å². The Balaban J connectivity index is 1.67. The maximum Gasteiger partial charge on any atom is 0.251 e. The van der Waals surface area contributed by atoms with Gasteiger partial charge in [0.15, 0.2) is 0 Å². The number of hydrogen-bond donors (Lipinski definition) is 2. The van der Waals surface area contributed by atoms with Crippen molar-refractivity contribution in [3.63, 3.8) is 0 Å². The maximum absolute atomic E-state index is 13.0. The second kappa shape index (κ2) is 9.65. The Labute approximate surface area is 170 Å². The van der Waals surface area contributed by atoms with Gasteiger partial charge in [-0.3, -0.25) is 9.59 Å². The molecule has 2 N–H and O–H groups in total. The molecule has 2 unspecified atom stereocenters. The molecule has 5 nitrogen and oxygen atoms in total. The minimum Gasteiger partial charge on any atom is -0.381 e. The summed E-state index contributed by atoms with van der Waals surface area (Å²) in [5.74, 6) is -0.753. The molecule has 2 aromatic rings. The van der Waals surface area contributed by atoms with E-state index in [1.165, 1.54) is 24.3 Å². The molecule has 1 aliphatic heterocycles. The standard InChI is InChI=1S/C23H27FN2O3/c1-3-16-13-18(15(2)25-22(27)17-6-9-20(24)10-7-17)8-11-21(16)26-23(28)19-5-4-12-29-14-19/h6-11,13,15,19H,3-5,12,14H2,1-2H3,(H,25,27)(H,26,28). The van der Waals surface area contributed by atoms with Crippen molar-refractivity contribution in [3.8, 4) is 0 Å². The van der Waals surface area contributed by atoms with Gasteiger partial charge < -0.3 is 15.4 Å². The summed E-state index contributed by atoms with van der Waals surface area (Å²) in [5, 5.41) is 5.96. The van der Waals surface area contributed by atoms with Crippen LogP contribution in [0.25, 0.3) is 0 Å². The summed E-state index contributed by atoms with van der Waals surface area (Å²) < 4.78 is 18.4. The van der Waals surface area contributed by atoms with Crippen LogP contribution >= 0.6 is 0 Å². The molecule has 154 valence electrons. The van der Waals surface area contributed by atoms with Crippen LogP contribution in [-0.4, -0.2) is 25.0 Å². The minimum atomic E-state index is -0.375. The summed E-state index contributed by atoms with van der Waals surface area (Å²) in [5.41, 5.74) is 3.16. The van der Waals surface area contributed by atoms with E-state index in [4.69, 9.17) is 4.74 Å². The first-order chi connectivity index (χ1) is 14.0. The zero-order chi connectivity index (χ0) is 20.8. The minimum absolute atomic E-state index is 0.00943. The van der Waals surface area contributed by atoms with Crippen molar-refractivity contribution in [1.29, 1.82) is 0 Å². The van der Waals surface area contributed by atoms with Gasteiger partial charge in [0.05, 0.1) is 18.6 Å². The Morgan fingerprint density at radius 2 is 1.97 bits per heavy atom. The van der Waals surface area contributed by atoms with E-state index in [0.29, 0.717) is 12.2 Å². The number of hydrogen-bond acceptors (Lipinski definition) is 3. The van der Waals surface area contributed by atoms with Crippen LogP contribution in [0.15, 0.2) is 42.5 Å². The Kier molecular flexibility index (Phi) is 6.99. The largest absolute Gasteiger partial charge is 0.381 e. The lowest BCUT2D eigenvalue weighted by atomic mass is 9.99. The van der Waals surface area contributed by atoms with Crippen molar-refractivity contribution in [3.05, 3.63) is 65.0 Å². The van der Waals surface area contributed by atoms with E-state index in [1.54, 1.807) is 0 Å². The lowest BCUT2D eigenvalue weighted by molar-refractivity contribution is -0.123. The van der Waals surface area contributed by atoms with Crippen molar-refractivity contribution >= 4 is 17.5 Å². The Bertz CT molecular complexity index is 861. The van der Waals surface area contributed by atoms with E-state index in [0.717, 1.165) is 42.7 Å². The summed E-state index contributed by atoms with van der Waals surface area (Å²) in [6.07, 6.45) is 2.50. The predicted molar refractivity (Wildman–Crippen MR) is 110 cm³/mol. The Morgan fingerprint density at radius 1 is 1.21 bits per heavy atom. The quantitative estimate of drug-likeness (QED) is 0.765. The molecule has 0 saturated carbocycles. The van der Waals surface area contributed by atoms with Crippen molar-refractivity contribution in [2.24, 2.45) is 5.92 Å². The van der Waals surface area contributed by atoms with Gasteiger partial charge in [-0.1, -0.05) is 19.1 Å². The lowest BCUT2D eigenvalue weighted by Crippen LogP contribution is -2.30. The average Bonchev–Trinajstić information content (AvgIpc) is 2.74. The monoisotopic (exact) mass is 398 g/mol. The van der Waals surface area contributed by atoms with E-state index in [9.17, 15) is 14.0 Å². The number of carbonyl (C=O) groups is 2. The van der Waals surface area contributed by atoms with E-state index in [2.05, 4.69) is 10.6 Å². The number of halogens is 1. The predicted octanol–water partition coefficient (Wildman–Crippen LogP) is 4.24. The van der Waals surface area contributed by atoms with Gasteiger partial charge in [-0.05, 0) is 67.6 Å².